The van der Waals surface area contributed by atoms with Gasteiger partial charge >= 0.3 is 14.2 Å². The minimum Gasteiger partial charge on any atom is -0.481 e. The lowest BCUT2D eigenvalue weighted by molar-refractivity contribution is -0.137. The van der Waals surface area contributed by atoms with E-state index in [1.54, 1.807) is 0 Å². The zero-order valence-electron chi connectivity index (χ0n) is 15.8. The first-order chi connectivity index (χ1) is 12.5. The van der Waals surface area contributed by atoms with Crippen molar-refractivity contribution in [3.63, 3.8) is 0 Å². The lowest BCUT2D eigenvalue weighted by Gasteiger charge is -1.90. The third kappa shape index (κ3) is 33.9. The number of hydrogen-bond donors (Lipinski definition) is 3. The fourth-order valence-corrected chi connectivity index (χ4v) is 1.93. The zero-order chi connectivity index (χ0) is 19.9. The largest absolute Gasteiger partial charge is 0.692 e. The molecule has 3 N–H and O–H groups in total. The Bertz CT molecular complexity index is 449. The number of carboxylic acids is 1. The Morgan fingerprint density at radius 1 is 0.769 bits per heavy atom. The molecule has 0 spiro atoms. The average Bonchev–Trinajstić information content (AvgIpc) is 2.57. The summed E-state index contributed by atoms with van der Waals surface area (Å²) in [7, 11) is -2.87. The Kier molecular flexibility index (Phi) is 24.1. The van der Waals surface area contributed by atoms with Crippen LogP contribution in [-0.2, 0) is 9.36 Å². The summed E-state index contributed by atoms with van der Waals surface area (Å²) < 4.78 is 8.70. The molecule has 0 amide bonds. The van der Waals surface area contributed by atoms with Gasteiger partial charge in [-0.2, -0.15) is 0 Å². The molecular formula is C20H34O5P+. The minimum atomic E-state index is -2.87. The number of allylic oxidation sites excluding steroid dienone is 8. The zero-order valence-corrected chi connectivity index (χ0v) is 16.7. The van der Waals surface area contributed by atoms with Gasteiger partial charge in [0.1, 0.15) is 0 Å². The molecule has 0 aliphatic heterocycles. The highest BCUT2D eigenvalue weighted by Crippen LogP contribution is 2.01. The van der Waals surface area contributed by atoms with Gasteiger partial charge in [0.25, 0.3) is 0 Å². The van der Waals surface area contributed by atoms with Crippen molar-refractivity contribution < 1.29 is 24.3 Å². The molecule has 0 aliphatic carbocycles. The van der Waals surface area contributed by atoms with Crippen molar-refractivity contribution in [2.24, 2.45) is 0 Å². The Balaban J connectivity index is 0. The normalized spacial score (nSPS) is 11.5. The summed E-state index contributed by atoms with van der Waals surface area (Å²) in [6, 6.07) is 0. The highest BCUT2D eigenvalue weighted by atomic mass is 31.1. The number of carboxylic acid groups (broad SMARTS) is 1. The second-order valence-electron chi connectivity index (χ2n) is 5.63. The van der Waals surface area contributed by atoms with Gasteiger partial charge in [-0.15, -0.1) is 9.79 Å². The molecule has 0 saturated carbocycles. The van der Waals surface area contributed by atoms with Crippen molar-refractivity contribution in [2.75, 3.05) is 0 Å². The SMILES string of the molecule is CCCCCC=CCC=CCC=CCC=CCCCC(=O)O.O=[P+](O)O. The van der Waals surface area contributed by atoms with Gasteiger partial charge < -0.3 is 5.11 Å². The molecule has 0 aromatic rings. The van der Waals surface area contributed by atoms with E-state index in [0.29, 0.717) is 0 Å². The maximum Gasteiger partial charge on any atom is 0.692 e. The summed E-state index contributed by atoms with van der Waals surface area (Å²) in [5, 5.41) is 8.49. The number of unbranched alkanes of at least 4 members (excludes halogenated alkanes) is 4. The van der Waals surface area contributed by atoms with Crippen molar-refractivity contribution in [2.45, 2.75) is 71.1 Å². The molecule has 0 heterocycles. The van der Waals surface area contributed by atoms with Crippen LogP contribution in [0.3, 0.4) is 0 Å². The summed E-state index contributed by atoms with van der Waals surface area (Å²) >= 11 is 0. The Morgan fingerprint density at radius 2 is 1.15 bits per heavy atom. The third-order valence-corrected chi connectivity index (χ3v) is 3.22. The Hall–Kier alpha value is -1.55. The summed E-state index contributed by atoms with van der Waals surface area (Å²) in [6.07, 6.45) is 27.3. The topological polar surface area (TPSA) is 94.8 Å². The predicted octanol–water partition coefficient (Wildman–Crippen LogP) is 5.85. The smallest absolute Gasteiger partial charge is 0.481 e. The van der Waals surface area contributed by atoms with Crippen molar-refractivity contribution in [1.29, 1.82) is 0 Å². The van der Waals surface area contributed by atoms with E-state index in [2.05, 4.69) is 55.5 Å². The molecule has 6 heteroatoms. The molecule has 0 aromatic carbocycles. The van der Waals surface area contributed by atoms with Crippen molar-refractivity contribution >= 4 is 14.2 Å². The van der Waals surface area contributed by atoms with Gasteiger partial charge in [0, 0.05) is 11.0 Å². The Labute approximate surface area is 158 Å². The molecule has 0 atom stereocenters. The van der Waals surface area contributed by atoms with Crippen LogP contribution in [-0.4, -0.2) is 20.9 Å². The van der Waals surface area contributed by atoms with Crippen LogP contribution in [0, 0.1) is 0 Å². The standard InChI is InChI=1S/C20H32O2.HO3P/c1-2-3-4-5-6-7-8-9-10-11-12-13-14-15-16-17-18-19-20(21)22;1-4(2)3/h6-7,9-10,12-13,15-16H,2-5,8,11,14,17-19H2,1H3,(H,21,22);(H-,1,2,3)/p+1. The van der Waals surface area contributed by atoms with Gasteiger partial charge in [0.05, 0.1) is 0 Å². The highest BCUT2D eigenvalue weighted by Gasteiger charge is 1.93. The summed E-state index contributed by atoms with van der Waals surface area (Å²) in [4.78, 5) is 24.6. The van der Waals surface area contributed by atoms with Crippen LogP contribution in [0.2, 0.25) is 0 Å². The maximum atomic E-state index is 10.3. The van der Waals surface area contributed by atoms with Gasteiger partial charge in [0.2, 0.25) is 0 Å². The van der Waals surface area contributed by atoms with Crippen molar-refractivity contribution in [3.8, 4) is 0 Å². The number of hydrogen-bond acceptors (Lipinski definition) is 2. The number of carbonyl (C=O) groups is 1. The van der Waals surface area contributed by atoms with E-state index in [1.165, 1.54) is 25.7 Å². The number of rotatable bonds is 14. The van der Waals surface area contributed by atoms with E-state index in [9.17, 15) is 4.79 Å². The fraction of sp³-hybridized carbons (Fsp3) is 0.550. The first-order valence-electron chi connectivity index (χ1n) is 9.17. The molecule has 0 bridgehead atoms. The van der Waals surface area contributed by atoms with Gasteiger partial charge in [-0.25, -0.2) is 0 Å². The fourth-order valence-electron chi connectivity index (χ4n) is 1.93. The second kappa shape index (κ2) is 23.4. The highest BCUT2D eigenvalue weighted by molar-refractivity contribution is 7.30. The van der Waals surface area contributed by atoms with Gasteiger partial charge in [-0.3, -0.25) is 4.79 Å². The van der Waals surface area contributed by atoms with E-state index in [0.717, 1.165) is 32.1 Å². The quantitative estimate of drug-likeness (QED) is 0.198. The second-order valence-corrected chi connectivity index (χ2v) is 6.13. The molecule has 0 aromatic heterocycles. The van der Waals surface area contributed by atoms with Crippen molar-refractivity contribution in [3.05, 3.63) is 48.6 Å². The summed E-state index contributed by atoms with van der Waals surface area (Å²) in [5.74, 6) is -0.712. The van der Waals surface area contributed by atoms with Crippen LogP contribution in [0.15, 0.2) is 48.6 Å². The summed E-state index contributed by atoms with van der Waals surface area (Å²) in [5.41, 5.74) is 0. The van der Waals surface area contributed by atoms with E-state index in [-0.39, 0.29) is 6.42 Å². The van der Waals surface area contributed by atoms with Crippen molar-refractivity contribution in [1.82, 2.24) is 0 Å². The molecule has 0 radical (unpaired) electrons. The lowest BCUT2D eigenvalue weighted by Crippen LogP contribution is -1.92. The van der Waals surface area contributed by atoms with Gasteiger partial charge in [-0.1, -0.05) is 68.4 Å². The average molecular weight is 385 g/mol. The van der Waals surface area contributed by atoms with Crippen LogP contribution >= 0.6 is 8.25 Å². The first kappa shape index (κ1) is 26.7. The molecule has 148 valence electrons. The molecule has 5 nitrogen and oxygen atoms in total. The molecule has 0 saturated heterocycles. The van der Waals surface area contributed by atoms with E-state index in [1.807, 2.05) is 0 Å². The lowest BCUT2D eigenvalue weighted by atomic mass is 10.2. The van der Waals surface area contributed by atoms with Crippen LogP contribution < -0.4 is 0 Å². The van der Waals surface area contributed by atoms with Crippen LogP contribution in [0.5, 0.6) is 0 Å². The first-order valence-corrected chi connectivity index (χ1v) is 10.3. The molecule has 26 heavy (non-hydrogen) atoms. The molecule has 0 fully saturated rings. The van der Waals surface area contributed by atoms with Crippen LogP contribution in [0.1, 0.15) is 71.1 Å². The third-order valence-electron chi connectivity index (χ3n) is 3.22. The van der Waals surface area contributed by atoms with Gasteiger partial charge in [0.15, 0.2) is 0 Å². The van der Waals surface area contributed by atoms with Crippen LogP contribution in [0.25, 0.3) is 0 Å². The number of aliphatic carboxylic acids is 1. The molecule has 0 aliphatic rings. The monoisotopic (exact) mass is 385 g/mol. The van der Waals surface area contributed by atoms with E-state index in [4.69, 9.17) is 19.5 Å². The molecule has 0 unspecified atom stereocenters. The summed E-state index contributed by atoms with van der Waals surface area (Å²) in [6.45, 7) is 2.23. The molecular weight excluding hydrogens is 351 g/mol. The predicted molar refractivity (Wildman–Crippen MR) is 108 cm³/mol. The van der Waals surface area contributed by atoms with Crippen LogP contribution in [0.4, 0.5) is 0 Å². The Morgan fingerprint density at radius 3 is 1.54 bits per heavy atom. The molecule has 0 rings (SSSR count). The minimum absolute atomic E-state index is 0.262. The van der Waals surface area contributed by atoms with Gasteiger partial charge in [-0.05, 0) is 44.9 Å². The van der Waals surface area contributed by atoms with E-state index < -0.39 is 14.2 Å². The van der Waals surface area contributed by atoms with E-state index >= 15 is 0 Å². The maximum absolute atomic E-state index is 10.3.